The molecule has 3 fully saturated rings. The molecule has 0 radical (unpaired) electrons. The summed E-state index contributed by atoms with van der Waals surface area (Å²) in [4.78, 5) is 4.57. The first-order valence-corrected chi connectivity index (χ1v) is 7.48. The fourth-order valence-electron chi connectivity index (χ4n) is 3.86. The summed E-state index contributed by atoms with van der Waals surface area (Å²) in [6.07, 6.45) is 7.71. The number of aromatic nitrogens is 2. The number of hydrogen-bond acceptors (Lipinski definition) is 5. The predicted octanol–water partition coefficient (Wildman–Crippen LogP) is 2.12. The van der Waals surface area contributed by atoms with Crippen molar-refractivity contribution in [3.8, 4) is 0 Å². The van der Waals surface area contributed by atoms with Crippen LogP contribution in [0.1, 0.15) is 68.5 Å². The van der Waals surface area contributed by atoms with E-state index in [4.69, 9.17) is 9.26 Å². The van der Waals surface area contributed by atoms with Gasteiger partial charge in [-0.15, -0.1) is 0 Å². The van der Waals surface area contributed by atoms with E-state index in [1.165, 1.54) is 6.42 Å². The summed E-state index contributed by atoms with van der Waals surface area (Å²) in [5.41, 5.74) is 0. The summed E-state index contributed by atoms with van der Waals surface area (Å²) >= 11 is 0. The molecule has 3 heterocycles. The number of hydrogen-bond donors (Lipinski definition) is 1. The maximum Gasteiger partial charge on any atom is 0.232 e. The van der Waals surface area contributed by atoms with E-state index in [2.05, 4.69) is 10.1 Å². The highest BCUT2D eigenvalue weighted by atomic mass is 16.5. The molecule has 2 saturated heterocycles. The van der Waals surface area contributed by atoms with Gasteiger partial charge in [-0.25, -0.2) is 0 Å². The van der Waals surface area contributed by atoms with Gasteiger partial charge in [0.15, 0.2) is 5.82 Å². The van der Waals surface area contributed by atoms with Crippen molar-refractivity contribution >= 4 is 0 Å². The third-order valence-corrected chi connectivity index (χ3v) is 4.94. The molecule has 0 aromatic carbocycles. The quantitative estimate of drug-likeness (QED) is 0.886. The molecule has 2 bridgehead atoms. The van der Waals surface area contributed by atoms with E-state index in [0.717, 1.165) is 44.3 Å². The van der Waals surface area contributed by atoms with Crippen LogP contribution in [0.15, 0.2) is 4.52 Å². The van der Waals surface area contributed by atoms with Crippen LogP contribution in [0.3, 0.4) is 0 Å². The Hall–Kier alpha value is -0.940. The van der Waals surface area contributed by atoms with Crippen LogP contribution in [0, 0.1) is 0 Å². The van der Waals surface area contributed by atoms with Crippen LogP contribution in [-0.2, 0) is 4.74 Å². The van der Waals surface area contributed by atoms with Crippen LogP contribution in [0.2, 0.25) is 0 Å². The Morgan fingerprint density at radius 3 is 2.68 bits per heavy atom. The summed E-state index contributed by atoms with van der Waals surface area (Å²) in [5.74, 6) is 1.76. The summed E-state index contributed by atoms with van der Waals surface area (Å²) in [5, 5.41) is 14.2. The second-order valence-electron chi connectivity index (χ2n) is 6.17. The minimum Gasteiger partial charge on any atom is -0.392 e. The summed E-state index contributed by atoms with van der Waals surface area (Å²) in [6, 6.07) is 0. The summed E-state index contributed by atoms with van der Waals surface area (Å²) in [6.45, 7) is 0. The first kappa shape index (κ1) is 11.9. The number of aliphatic hydroxyl groups is 1. The molecule has 104 valence electrons. The second kappa shape index (κ2) is 4.56. The van der Waals surface area contributed by atoms with Gasteiger partial charge in [0.1, 0.15) is 0 Å². The molecule has 5 atom stereocenters. The van der Waals surface area contributed by atoms with E-state index in [1.54, 1.807) is 0 Å². The van der Waals surface area contributed by atoms with Gasteiger partial charge >= 0.3 is 0 Å². The molecule has 5 heteroatoms. The van der Waals surface area contributed by atoms with Gasteiger partial charge in [-0.3, -0.25) is 0 Å². The summed E-state index contributed by atoms with van der Waals surface area (Å²) < 4.78 is 11.3. The van der Waals surface area contributed by atoms with Crippen molar-refractivity contribution in [2.45, 2.75) is 75.1 Å². The van der Waals surface area contributed by atoms with Crippen LogP contribution in [0.5, 0.6) is 0 Å². The maximum atomic E-state index is 10.0. The molecule has 5 unspecified atom stereocenters. The molecule has 0 amide bonds. The zero-order valence-corrected chi connectivity index (χ0v) is 11.0. The standard InChI is InChI=1S/C14H20N2O3/c17-11-4-2-1-3-9(11)14-15-13(16-19-14)10-7-8-5-6-12(10)18-8/h8-12,17H,1-7H2. The molecule has 4 rings (SSSR count). The Bertz CT molecular complexity index is 445. The molecule has 1 N–H and O–H groups in total. The van der Waals surface area contributed by atoms with E-state index in [9.17, 15) is 5.11 Å². The molecular weight excluding hydrogens is 244 g/mol. The third kappa shape index (κ3) is 1.99. The lowest BCUT2D eigenvalue weighted by molar-refractivity contribution is 0.0907. The Morgan fingerprint density at radius 1 is 1.05 bits per heavy atom. The molecule has 0 spiro atoms. The lowest BCUT2D eigenvalue weighted by Gasteiger charge is -2.24. The molecule has 1 aromatic rings. The van der Waals surface area contributed by atoms with Gasteiger partial charge in [0.05, 0.1) is 30.1 Å². The van der Waals surface area contributed by atoms with Crippen molar-refractivity contribution < 1.29 is 14.4 Å². The maximum absolute atomic E-state index is 10.0. The first-order valence-electron chi connectivity index (χ1n) is 7.48. The van der Waals surface area contributed by atoms with Crippen LogP contribution in [-0.4, -0.2) is 33.6 Å². The van der Waals surface area contributed by atoms with E-state index in [-0.39, 0.29) is 18.1 Å². The number of ether oxygens (including phenoxy) is 1. The number of rotatable bonds is 2. The fraction of sp³-hybridized carbons (Fsp3) is 0.857. The van der Waals surface area contributed by atoms with Crippen LogP contribution < -0.4 is 0 Å². The Morgan fingerprint density at radius 2 is 1.95 bits per heavy atom. The van der Waals surface area contributed by atoms with E-state index in [1.807, 2.05) is 0 Å². The number of nitrogens with zero attached hydrogens (tertiary/aromatic N) is 2. The zero-order valence-electron chi connectivity index (χ0n) is 11.0. The third-order valence-electron chi connectivity index (χ3n) is 4.94. The van der Waals surface area contributed by atoms with Gasteiger partial charge in [-0.05, 0) is 32.1 Å². The largest absolute Gasteiger partial charge is 0.392 e. The SMILES string of the molecule is OC1CCCCC1c1nc(C2CC3CCC2O3)no1. The smallest absolute Gasteiger partial charge is 0.232 e. The molecular formula is C14H20N2O3. The Labute approximate surface area is 112 Å². The second-order valence-corrected chi connectivity index (χ2v) is 6.17. The van der Waals surface area contributed by atoms with Crippen molar-refractivity contribution in [1.82, 2.24) is 10.1 Å². The number of aliphatic hydroxyl groups excluding tert-OH is 1. The van der Waals surface area contributed by atoms with Gasteiger partial charge in [-0.2, -0.15) is 4.98 Å². The monoisotopic (exact) mass is 264 g/mol. The average Bonchev–Trinajstić information content (AvgIpc) is 3.15. The average molecular weight is 264 g/mol. The fourth-order valence-corrected chi connectivity index (χ4v) is 3.86. The van der Waals surface area contributed by atoms with Gasteiger partial charge < -0.3 is 14.4 Å². The van der Waals surface area contributed by atoms with Gasteiger partial charge in [0.2, 0.25) is 5.89 Å². The normalized spacial score (nSPS) is 41.8. The Balaban J connectivity index is 1.53. The lowest BCUT2D eigenvalue weighted by atomic mass is 9.86. The van der Waals surface area contributed by atoms with Crippen molar-refractivity contribution in [3.63, 3.8) is 0 Å². The van der Waals surface area contributed by atoms with Crippen molar-refractivity contribution in [3.05, 3.63) is 11.7 Å². The highest BCUT2D eigenvalue weighted by Gasteiger charge is 2.44. The van der Waals surface area contributed by atoms with Gasteiger partial charge in [-0.1, -0.05) is 18.0 Å². The molecule has 1 aliphatic carbocycles. The highest BCUT2D eigenvalue weighted by Crippen LogP contribution is 2.44. The topological polar surface area (TPSA) is 68.4 Å². The van der Waals surface area contributed by atoms with Crippen molar-refractivity contribution in [1.29, 1.82) is 0 Å². The van der Waals surface area contributed by atoms with E-state index < -0.39 is 0 Å². The Kier molecular flexibility index (Phi) is 2.84. The molecule has 5 nitrogen and oxygen atoms in total. The first-order chi connectivity index (χ1) is 9.31. The minimum atomic E-state index is -0.321. The minimum absolute atomic E-state index is 0.0366. The highest BCUT2D eigenvalue weighted by molar-refractivity contribution is 5.09. The van der Waals surface area contributed by atoms with Crippen LogP contribution in [0.4, 0.5) is 0 Å². The van der Waals surface area contributed by atoms with Crippen LogP contribution in [0.25, 0.3) is 0 Å². The predicted molar refractivity (Wildman–Crippen MR) is 66.8 cm³/mol. The van der Waals surface area contributed by atoms with Gasteiger partial charge in [0.25, 0.3) is 0 Å². The van der Waals surface area contributed by atoms with E-state index in [0.29, 0.717) is 17.9 Å². The van der Waals surface area contributed by atoms with E-state index >= 15 is 0 Å². The molecule has 1 aromatic heterocycles. The van der Waals surface area contributed by atoms with Gasteiger partial charge in [0, 0.05) is 0 Å². The zero-order chi connectivity index (χ0) is 12.8. The molecule has 2 aliphatic heterocycles. The molecule has 19 heavy (non-hydrogen) atoms. The van der Waals surface area contributed by atoms with Crippen LogP contribution >= 0.6 is 0 Å². The van der Waals surface area contributed by atoms with Crippen molar-refractivity contribution in [2.75, 3.05) is 0 Å². The lowest BCUT2D eigenvalue weighted by Crippen LogP contribution is -2.23. The number of fused-ring (bicyclic) bond motifs is 2. The molecule has 3 aliphatic rings. The summed E-state index contributed by atoms with van der Waals surface area (Å²) in [7, 11) is 0. The molecule has 1 saturated carbocycles. The van der Waals surface area contributed by atoms with Crippen molar-refractivity contribution in [2.24, 2.45) is 0 Å².